The summed E-state index contributed by atoms with van der Waals surface area (Å²) in [5.41, 5.74) is 3.05. The van der Waals surface area contributed by atoms with Gasteiger partial charge in [-0.1, -0.05) is 36.9 Å². The number of nitrogens with zero attached hydrogens (tertiary/aromatic N) is 3. The molecule has 6 heteroatoms. The third-order valence-corrected chi connectivity index (χ3v) is 4.39. The van der Waals surface area contributed by atoms with Crippen LogP contribution in [0.5, 0.6) is 0 Å². The van der Waals surface area contributed by atoms with Crippen LogP contribution in [0, 0.1) is 20.8 Å². The highest BCUT2D eigenvalue weighted by Crippen LogP contribution is 2.21. The van der Waals surface area contributed by atoms with Crippen molar-refractivity contribution in [3.8, 4) is 0 Å². The lowest BCUT2D eigenvalue weighted by atomic mass is 10.1. The fraction of sp³-hybridized carbons (Fsp3) is 0.438. The fourth-order valence-electron chi connectivity index (χ4n) is 2.27. The van der Waals surface area contributed by atoms with Gasteiger partial charge in [0.15, 0.2) is 5.16 Å². The second-order valence-corrected chi connectivity index (χ2v) is 6.23. The summed E-state index contributed by atoms with van der Waals surface area (Å²) in [4.78, 5) is 12.2. The maximum Gasteiger partial charge on any atom is 0.234 e. The van der Waals surface area contributed by atoms with Crippen LogP contribution in [0.1, 0.15) is 30.3 Å². The number of carbonyl (C=O) groups excluding carboxylic acids is 1. The first-order valence-electron chi connectivity index (χ1n) is 7.41. The van der Waals surface area contributed by atoms with Crippen molar-refractivity contribution in [1.82, 2.24) is 14.8 Å². The average Bonchev–Trinajstić information content (AvgIpc) is 2.82. The van der Waals surface area contributed by atoms with Crippen molar-refractivity contribution in [2.24, 2.45) is 0 Å². The zero-order valence-electron chi connectivity index (χ0n) is 13.5. The van der Waals surface area contributed by atoms with Gasteiger partial charge >= 0.3 is 0 Å². The van der Waals surface area contributed by atoms with Crippen LogP contribution in [-0.2, 0) is 11.3 Å². The van der Waals surface area contributed by atoms with E-state index in [1.165, 1.54) is 11.8 Å². The highest BCUT2D eigenvalue weighted by molar-refractivity contribution is 7.99. The number of hydrogen-bond donors (Lipinski definition) is 1. The zero-order chi connectivity index (χ0) is 16.1. The van der Waals surface area contributed by atoms with E-state index in [1.54, 1.807) is 0 Å². The fourth-order valence-corrected chi connectivity index (χ4v) is 3.08. The maximum atomic E-state index is 12.2. The lowest BCUT2D eigenvalue weighted by Crippen LogP contribution is -2.16. The van der Waals surface area contributed by atoms with Gasteiger partial charge in [0, 0.05) is 12.2 Å². The number of nitrogens with one attached hydrogen (secondary N) is 1. The Bertz CT molecular complexity index is 646. The Morgan fingerprint density at radius 3 is 2.55 bits per heavy atom. The number of amides is 1. The standard InChI is InChI=1S/C16H22N4OS/c1-5-9-20-13(4)18-19-16(20)22-10-14(21)17-15-11(2)7-6-8-12(15)3/h6-8H,5,9-10H2,1-4H3,(H,17,21). The van der Waals surface area contributed by atoms with Crippen LogP contribution in [-0.4, -0.2) is 26.4 Å². The Hall–Kier alpha value is -1.82. The molecule has 0 aliphatic rings. The van der Waals surface area contributed by atoms with Crippen LogP contribution < -0.4 is 5.32 Å². The number of aromatic nitrogens is 3. The Morgan fingerprint density at radius 2 is 1.91 bits per heavy atom. The second-order valence-electron chi connectivity index (χ2n) is 5.29. The SMILES string of the molecule is CCCn1c(C)nnc1SCC(=O)Nc1c(C)cccc1C. The minimum absolute atomic E-state index is 0.0221. The van der Waals surface area contributed by atoms with E-state index in [0.29, 0.717) is 5.75 Å². The van der Waals surface area contributed by atoms with Crippen LogP contribution >= 0.6 is 11.8 Å². The van der Waals surface area contributed by atoms with Crippen molar-refractivity contribution >= 4 is 23.4 Å². The van der Waals surface area contributed by atoms with Crippen molar-refractivity contribution in [1.29, 1.82) is 0 Å². The van der Waals surface area contributed by atoms with Crippen molar-refractivity contribution in [2.75, 3.05) is 11.1 Å². The quantitative estimate of drug-likeness (QED) is 0.830. The molecule has 0 atom stereocenters. The van der Waals surface area contributed by atoms with E-state index in [0.717, 1.165) is 40.8 Å². The first-order chi connectivity index (χ1) is 10.5. The predicted molar refractivity (Wildman–Crippen MR) is 90.3 cm³/mol. The van der Waals surface area contributed by atoms with Gasteiger partial charge in [-0.3, -0.25) is 4.79 Å². The molecule has 0 bridgehead atoms. The molecular weight excluding hydrogens is 296 g/mol. The number of hydrogen-bond acceptors (Lipinski definition) is 4. The van der Waals surface area contributed by atoms with E-state index in [2.05, 4.69) is 27.0 Å². The van der Waals surface area contributed by atoms with Crippen molar-refractivity contribution < 1.29 is 4.79 Å². The molecule has 2 aromatic rings. The molecule has 1 aromatic heterocycles. The van der Waals surface area contributed by atoms with E-state index in [9.17, 15) is 4.79 Å². The highest BCUT2D eigenvalue weighted by atomic mass is 32.2. The molecule has 0 saturated carbocycles. The van der Waals surface area contributed by atoms with Gasteiger partial charge in [0.05, 0.1) is 5.75 Å². The van der Waals surface area contributed by atoms with E-state index >= 15 is 0 Å². The number of benzene rings is 1. The zero-order valence-corrected chi connectivity index (χ0v) is 14.3. The molecule has 0 aliphatic heterocycles. The summed E-state index contributed by atoms with van der Waals surface area (Å²) >= 11 is 1.42. The number of thioether (sulfide) groups is 1. The molecule has 0 saturated heterocycles. The molecule has 22 heavy (non-hydrogen) atoms. The molecule has 5 nitrogen and oxygen atoms in total. The lowest BCUT2D eigenvalue weighted by molar-refractivity contribution is -0.113. The van der Waals surface area contributed by atoms with Gasteiger partial charge in [0.1, 0.15) is 5.82 Å². The summed E-state index contributed by atoms with van der Waals surface area (Å²) in [7, 11) is 0. The van der Waals surface area contributed by atoms with E-state index in [4.69, 9.17) is 0 Å². The van der Waals surface area contributed by atoms with Gasteiger partial charge in [-0.05, 0) is 38.3 Å². The Balaban J connectivity index is 1.99. The molecule has 2 rings (SSSR count). The number of para-hydroxylation sites is 1. The van der Waals surface area contributed by atoms with Crippen LogP contribution in [0.4, 0.5) is 5.69 Å². The minimum atomic E-state index is -0.0221. The Labute approximate surface area is 135 Å². The first-order valence-corrected chi connectivity index (χ1v) is 8.40. The number of rotatable bonds is 6. The molecule has 118 valence electrons. The van der Waals surface area contributed by atoms with Crippen molar-refractivity contribution in [3.05, 3.63) is 35.2 Å². The van der Waals surface area contributed by atoms with Crippen molar-refractivity contribution in [3.63, 3.8) is 0 Å². The molecule has 0 radical (unpaired) electrons. The van der Waals surface area contributed by atoms with Crippen LogP contribution in [0.25, 0.3) is 0 Å². The van der Waals surface area contributed by atoms with Gasteiger partial charge in [-0.25, -0.2) is 0 Å². The van der Waals surface area contributed by atoms with Gasteiger partial charge in [-0.2, -0.15) is 0 Å². The minimum Gasteiger partial charge on any atom is -0.325 e. The largest absolute Gasteiger partial charge is 0.325 e. The monoisotopic (exact) mass is 318 g/mol. The van der Waals surface area contributed by atoms with Crippen LogP contribution in [0.15, 0.2) is 23.4 Å². The molecule has 1 amide bonds. The molecule has 0 aliphatic carbocycles. The van der Waals surface area contributed by atoms with Crippen LogP contribution in [0.3, 0.4) is 0 Å². The third kappa shape index (κ3) is 3.88. The number of carbonyl (C=O) groups is 1. The third-order valence-electron chi connectivity index (χ3n) is 3.43. The van der Waals surface area contributed by atoms with E-state index < -0.39 is 0 Å². The van der Waals surface area contributed by atoms with Gasteiger partial charge < -0.3 is 9.88 Å². The highest BCUT2D eigenvalue weighted by Gasteiger charge is 2.12. The second kappa shape index (κ2) is 7.45. The molecule has 0 spiro atoms. The Kier molecular flexibility index (Phi) is 5.60. The molecule has 1 N–H and O–H groups in total. The molecule has 0 unspecified atom stereocenters. The summed E-state index contributed by atoms with van der Waals surface area (Å²) in [6.45, 7) is 8.92. The van der Waals surface area contributed by atoms with Gasteiger partial charge in [0.25, 0.3) is 0 Å². The van der Waals surface area contributed by atoms with E-state index in [-0.39, 0.29) is 5.91 Å². The van der Waals surface area contributed by atoms with Gasteiger partial charge in [-0.15, -0.1) is 10.2 Å². The normalized spacial score (nSPS) is 10.7. The smallest absolute Gasteiger partial charge is 0.234 e. The summed E-state index contributed by atoms with van der Waals surface area (Å²) in [6, 6.07) is 5.99. The summed E-state index contributed by atoms with van der Waals surface area (Å²) in [5, 5.41) is 12.0. The Morgan fingerprint density at radius 1 is 1.23 bits per heavy atom. The lowest BCUT2D eigenvalue weighted by Gasteiger charge is -2.11. The maximum absolute atomic E-state index is 12.2. The molecule has 1 aromatic carbocycles. The van der Waals surface area contributed by atoms with Crippen LogP contribution in [0.2, 0.25) is 0 Å². The molecular formula is C16H22N4OS. The summed E-state index contributed by atoms with van der Waals surface area (Å²) in [6.07, 6.45) is 1.01. The van der Waals surface area contributed by atoms with Gasteiger partial charge in [0.2, 0.25) is 5.91 Å². The molecule has 1 heterocycles. The summed E-state index contributed by atoms with van der Waals surface area (Å²) in [5.74, 6) is 1.20. The average molecular weight is 318 g/mol. The number of aryl methyl sites for hydroxylation is 3. The van der Waals surface area contributed by atoms with Crippen molar-refractivity contribution in [2.45, 2.75) is 45.8 Å². The number of anilines is 1. The predicted octanol–water partition coefficient (Wildman–Crippen LogP) is 3.34. The molecule has 0 fully saturated rings. The first kappa shape index (κ1) is 16.5. The topological polar surface area (TPSA) is 59.8 Å². The van der Waals surface area contributed by atoms with E-state index in [1.807, 2.05) is 39.0 Å². The summed E-state index contributed by atoms with van der Waals surface area (Å²) < 4.78 is 2.05.